The molecule has 1 aliphatic rings. The van der Waals surface area contributed by atoms with Crippen molar-refractivity contribution < 1.29 is 14.7 Å². The lowest BCUT2D eigenvalue weighted by Crippen LogP contribution is -2.56. The summed E-state index contributed by atoms with van der Waals surface area (Å²) >= 11 is 1.70. The van der Waals surface area contributed by atoms with Crippen LogP contribution in [0.2, 0.25) is 0 Å². The van der Waals surface area contributed by atoms with E-state index in [-0.39, 0.29) is 5.69 Å². The van der Waals surface area contributed by atoms with Gasteiger partial charge in [0.1, 0.15) is 5.54 Å². The van der Waals surface area contributed by atoms with Gasteiger partial charge in [0, 0.05) is 0 Å². The van der Waals surface area contributed by atoms with Crippen LogP contribution in [0.25, 0.3) is 5.69 Å². The van der Waals surface area contributed by atoms with E-state index in [1.54, 1.807) is 23.4 Å². The summed E-state index contributed by atoms with van der Waals surface area (Å²) in [6.07, 6.45) is 0.813. The molecule has 2 N–H and O–H groups in total. The van der Waals surface area contributed by atoms with Crippen LogP contribution in [0.3, 0.4) is 0 Å². The van der Waals surface area contributed by atoms with Gasteiger partial charge in [0.15, 0.2) is 5.69 Å². The standard InChI is InChI=1S/C17H20N4O3S/c1-11-3-5-13(6-4-11)21-12(2)14(19-20-21)15(22)18-17(16(23)24)7-9-25-10-8-17/h3-6H,7-10H2,1-2H3,(H,18,22)(H,23,24). The van der Waals surface area contributed by atoms with Crippen LogP contribution in [0, 0.1) is 13.8 Å². The fourth-order valence-electron chi connectivity index (χ4n) is 2.86. The van der Waals surface area contributed by atoms with Crippen LogP contribution >= 0.6 is 11.8 Å². The molecular formula is C17H20N4O3S. The van der Waals surface area contributed by atoms with Crippen molar-refractivity contribution in [1.29, 1.82) is 0 Å². The summed E-state index contributed by atoms with van der Waals surface area (Å²) in [6, 6.07) is 7.70. The van der Waals surface area contributed by atoms with Gasteiger partial charge in [-0.15, -0.1) is 5.10 Å². The minimum Gasteiger partial charge on any atom is -0.480 e. The van der Waals surface area contributed by atoms with Gasteiger partial charge in [0.2, 0.25) is 0 Å². The summed E-state index contributed by atoms with van der Waals surface area (Å²) in [6.45, 7) is 3.74. The molecule has 8 heteroatoms. The van der Waals surface area contributed by atoms with Gasteiger partial charge in [-0.2, -0.15) is 11.8 Å². The molecule has 0 spiro atoms. The maximum atomic E-state index is 12.6. The van der Waals surface area contributed by atoms with Gasteiger partial charge in [0.05, 0.1) is 11.4 Å². The molecule has 1 aromatic heterocycles. The highest BCUT2D eigenvalue weighted by molar-refractivity contribution is 7.99. The Morgan fingerprint density at radius 2 is 1.84 bits per heavy atom. The van der Waals surface area contributed by atoms with Gasteiger partial charge in [-0.05, 0) is 50.3 Å². The Hall–Kier alpha value is -2.35. The maximum Gasteiger partial charge on any atom is 0.329 e. The second-order valence-electron chi connectivity index (χ2n) is 6.22. The highest BCUT2D eigenvalue weighted by Crippen LogP contribution is 2.28. The number of nitrogens with zero attached hydrogens (tertiary/aromatic N) is 3. The summed E-state index contributed by atoms with van der Waals surface area (Å²) in [7, 11) is 0. The molecule has 2 aromatic rings. The van der Waals surface area contributed by atoms with Crippen molar-refractivity contribution >= 4 is 23.6 Å². The molecule has 2 heterocycles. The summed E-state index contributed by atoms with van der Waals surface area (Å²) in [5, 5.41) is 20.3. The second-order valence-corrected chi connectivity index (χ2v) is 7.45. The SMILES string of the molecule is Cc1ccc(-n2nnc(C(=O)NC3(C(=O)O)CCSCC3)c2C)cc1. The Kier molecular flexibility index (Phi) is 4.80. The van der Waals surface area contributed by atoms with Crippen LogP contribution in [0.4, 0.5) is 0 Å². The summed E-state index contributed by atoms with van der Waals surface area (Å²) in [4.78, 5) is 24.4. The third kappa shape index (κ3) is 3.39. The summed E-state index contributed by atoms with van der Waals surface area (Å²) in [5.74, 6) is -0.0710. The van der Waals surface area contributed by atoms with E-state index in [1.807, 2.05) is 31.2 Å². The molecule has 0 saturated carbocycles. The Morgan fingerprint density at radius 1 is 1.20 bits per heavy atom. The Morgan fingerprint density at radius 3 is 2.44 bits per heavy atom. The number of rotatable bonds is 4. The largest absolute Gasteiger partial charge is 0.480 e. The molecule has 7 nitrogen and oxygen atoms in total. The van der Waals surface area contributed by atoms with Crippen molar-refractivity contribution in [2.45, 2.75) is 32.2 Å². The quantitative estimate of drug-likeness (QED) is 0.865. The molecule has 1 aliphatic heterocycles. The average molecular weight is 360 g/mol. The Labute approximate surface area is 149 Å². The predicted molar refractivity (Wildman–Crippen MR) is 95.2 cm³/mol. The van der Waals surface area contributed by atoms with Gasteiger partial charge in [-0.3, -0.25) is 4.79 Å². The minimum absolute atomic E-state index is 0.152. The van der Waals surface area contributed by atoms with E-state index in [0.717, 1.165) is 11.3 Å². The van der Waals surface area contributed by atoms with Crippen molar-refractivity contribution in [2.75, 3.05) is 11.5 Å². The summed E-state index contributed by atoms with van der Waals surface area (Å²) < 4.78 is 1.58. The van der Waals surface area contributed by atoms with Crippen molar-refractivity contribution in [2.24, 2.45) is 0 Å². The number of carbonyl (C=O) groups excluding carboxylic acids is 1. The van der Waals surface area contributed by atoms with Gasteiger partial charge in [-0.1, -0.05) is 22.9 Å². The number of aromatic nitrogens is 3. The zero-order chi connectivity index (χ0) is 18.0. The van der Waals surface area contributed by atoms with Crippen LogP contribution in [-0.2, 0) is 4.79 Å². The fourth-order valence-corrected chi connectivity index (χ4v) is 4.05. The molecule has 0 bridgehead atoms. The molecule has 0 radical (unpaired) electrons. The number of nitrogens with one attached hydrogen (secondary N) is 1. The lowest BCUT2D eigenvalue weighted by Gasteiger charge is -2.33. The number of benzene rings is 1. The van der Waals surface area contributed by atoms with E-state index in [2.05, 4.69) is 15.6 Å². The number of hydrogen-bond donors (Lipinski definition) is 2. The molecule has 0 atom stereocenters. The number of amides is 1. The molecular weight excluding hydrogens is 340 g/mol. The Bertz CT molecular complexity index is 795. The number of thioether (sulfide) groups is 1. The lowest BCUT2D eigenvalue weighted by molar-refractivity contribution is -0.144. The first-order chi connectivity index (χ1) is 11.9. The molecule has 0 aliphatic carbocycles. The molecule has 132 valence electrons. The Balaban J connectivity index is 1.85. The first-order valence-corrected chi connectivity index (χ1v) is 9.21. The van der Waals surface area contributed by atoms with Crippen LogP contribution in [0.15, 0.2) is 24.3 Å². The number of aliphatic carboxylic acids is 1. The number of carboxylic acids is 1. The zero-order valence-corrected chi connectivity index (χ0v) is 15.0. The smallest absolute Gasteiger partial charge is 0.329 e. The number of hydrogen-bond acceptors (Lipinski definition) is 5. The highest BCUT2D eigenvalue weighted by Gasteiger charge is 2.42. The molecule has 1 saturated heterocycles. The third-order valence-corrected chi connectivity index (χ3v) is 5.48. The van der Waals surface area contributed by atoms with E-state index in [0.29, 0.717) is 30.0 Å². The normalized spacial score (nSPS) is 16.4. The van der Waals surface area contributed by atoms with Crippen molar-refractivity contribution in [3.8, 4) is 5.69 Å². The average Bonchev–Trinajstić information content (AvgIpc) is 2.98. The first kappa shape index (κ1) is 17.5. The highest BCUT2D eigenvalue weighted by atomic mass is 32.2. The van der Waals surface area contributed by atoms with E-state index in [9.17, 15) is 14.7 Å². The van der Waals surface area contributed by atoms with Crippen LogP contribution in [0.5, 0.6) is 0 Å². The molecule has 1 amide bonds. The summed E-state index contributed by atoms with van der Waals surface area (Å²) in [5.41, 5.74) is 1.43. The zero-order valence-electron chi connectivity index (χ0n) is 14.2. The van der Waals surface area contributed by atoms with E-state index < -0.39 is 17.4 Å². The number of aryl methyl sites for hydroxylation is 1. The topological polar surface area (TPSA) is 97.1 Å². The third-order valence-electron chi connectivity index (χ3n) is 4.50. The molecule has 25 heavy (non-hydrogen) atoms. The van der Waals surface area contributed by atoms with Crippen LogP contribution < -0.4 is 5.32 Å². The van der Waals surface area contributed by atoms with Gasteiger partial charge >= 0.3 is 5.97 Å². The fraction of sp³-hybridized carbons (Fsp3) is 0.412. The van der Waals surface area contributed by atoms with Gasteiger partial charge in [0.25, 0.3) is 5.91 Å². The molecule has 3 rings (SSSR count). The lowest BCUT2D eigenvalue weighted by atomic mass is 9.92. The first-order valence-electron chi connectivity index (χ1n) is 8.06. The van der Waals surface area contributed by atoms with Crippen LogP contribution in [0.1, 0.15) is 34.6 Å². The van der Waals surface area contributed by atoms with Gasteiger partial charge in [-0.25, -0.2) is 9.48 Å². The predicted octanol–water partition coefficient (Wildman–Crippen LogP) is 1.96. The van der Waals surface area contributed by atoms with Crippen LogP contribution in [-0.4, -0.2) is 49.0 Å². The van der Waals surface area contributed by atoms with Crippen molar-refractivity contribution in [3.63, 3.8) is 0 Å². The van der Waals surface area contributed by atoms with Gasteiger partial charge < -0.3 is 10.4 Å². The maximum absolute atomic E-state index is 12.6. The minimum atomic E-state index is -1.22. The molecule has 0 unspecified atom stereocenters. The van der Waals surface area contributed by atoms with E-state index >= 15 is 0 Å². The molecule has 1 fully saturated rings. The number of carboxylic acid groups (broad SMARTS) is 1. The second kappa shape index (κ2) is 6.87. The van der Waals surface area contributed by atoms with Crippen molar-refractivity contribution in [1.82, 2.24) is 20.3 Å². The van der Waals surface area contributed by atoms with Crippen molar-refractivity contribution in [3.05, 3.63) is 41.2 Å². The van der Waals surface area contributed by atoms with E-state index in [1.165, 1.54) is 0 Å². The van der Waals surface area contributed by atoms with E-state index in [4.69, 9.17) is 0 Å². The monoisotopic (exact) mass is 360 g/mol. The number of carbonyl (C=O) groups is 2. The molecule has 1 aromatic carbocycles.